The summed E-state index contributed by atoms with van der Waals surface area (Å²) in [5.74, 6) is -0.613. The zero-order chi connectivity index (χ0) is 17.5. The van der Waals surface area contributed by atoms with Gasteiger partial charge in [0.1, 0.15) is 5.82 Å². The SMILES string of the molecule is CC(=O)NCCCCNC(=O)c1cc(-c2ccc(F)cc2)n(C)n1. The number of aryl methyl sites for hydroxylation is 1. The lowest BCUT2D eigenvalue weighted by atomic mass is 10.1. The molecule has 2 aromatic rings. The Morgan fingerprint density at radius 1 is 1.12 bits per heavy atom. The van der Waals surface area contributed by atoms with Crippen LogP contribution in [0.15, 0.2) is 30.3 Å². The summed E-state index contributed by atoms with van der Waals surface area (Å²) in [6.07, 6.45) is 1.56. The van der Waals surface area contributed by atoms with Gasteiger partial charge in [0.15, 0.2) is 5.69 Å². The molecule has 2 rings (SSSR count). The summed E-state index contributed by atoms with van der Waals surface area (Å²) in [6.45, 7) is 2.59. The average Bonchev–Trinajstić information content (AvgIpc) is 2.93. The molecule has 2 N–H and O–H groups in total. The summed E-state index contributed by atoms with van der Waals surface area (Å²) in [6, 6.07) is 7.72. The Labute approximate surface area is 140 Å². The maximum absolute atomic E-state index is 13.0. The van der Waals surface area contributed by atoms with Crippen LogP contribution >= 0.6 is 0 Å². The summed E-state index contributed by atoms with van der Waals surface area (Å²) >= 11 is 0. The lowest BCUT2D eigenvalue weighted by Crippen LogP contribution is -2.26. The second-order valence-corrected chi connectivity index (χ2v) is 5.49. The molecule has 1 aromatic heterocycles. The van der Waals surface area contributed by atoms with Crippen LogP contribution in [-0.4, -0.2) is 34.7 Å². The number of carbonyl (C=O) groups is 2. The highest BCUT2D eigenvalue weighted by atomic mass is 19.1. The van der Waals surface area contributed by atoms with Crippen molar-refractivity contribution in [1.29, 1.82) is 0 Å². The van der Waals surface area contributed by atoms with Crippen molar-refractivity contribution in [2.45, 2.75) is 19.8 Å². The number of carbonyl (C=O) groups excluding carboxylic acids is 2. The summed E-state index contributed by atoms with van der Waals surface area (Å²) in [7, 11) is 1.74. The highest BCUT2D eigenvalue weighted by molar-refractivity contribution is 5.93. The fraction of sp³-hybridized carbons (Fsp3) is 0.353. The summed E-state index contributed by atoms with van der Waals surface area (Å²) in [4.78, 5) is 22.8. The summed E-state index contributed by atoms with van der Waals surface area (Å²) < 4.78 is 14.6. The molecule has 0 radical (unpaired) electrons. The third-order valence-electron chi connectivity index (χ3n) is 3.52. The van der Waals surface area contributed by atoms with Crippen LogP contribution in [0.4, 0.5) is 4.39 Å². The first-order valence-corrected chi connectivity index (χ1v) is 7.80. The number of aromatic nitrogens is 2. The predicted molar refractivity (Wildman–Crippen MR) is 88.9 cm³/mol. The molecule has 0 aliphatic carbocycles. The molecule has 24 heavy (non-hydrogen) atoms. The maximum Gasteiger partial charge on any atom is 0.271 e. The van der Waals surface area contributed by atoms with Crippen molar-refractivity contribution in [3.05, 3.63) is 41.8 Å². The van der Waals surface area contributed by atoms with Crippen molar-refractivity contribution >= 4 is 11.8 Å². The van der Waals surface area contributed by atoms with Crippen molar-refractivity contribution in [1.82, 2.24) is 20.4 Å². The van der Waals surface area contributed by atoms with Crippen LogP contribution in [-0.2, 0) is 11.8 Å². The lowest BCUT2D eigenvalue weighted by Gasteiger charge is -2.03. The Balaban J connectivity index is 1.88. The Morgan fingerprint density at radius 2 is 1.75 bits per heavy atom. The molecule has 0 saturated carbocycles. The first-order chi connectivity index (χ1) is 11.5. The molecule has 0 fully saturated rings. The van der Waals surface area contributed by atoms with Gasteiger partial charge in [-0.15, -0.1) is 0 Å². The van der Waals surface area contributed by atoms with E-state index in [9.17, 15) is 14.0 Å². The van der Waals surface area contributed by atoms with Gasteiger partial charge in [0.05, 0.1) is 5.69 Å². The number of hydrogen-bond acceptors (Lipinski definition) is 3. The highest BCUT2D eigenvalue weighted by Crippen LogP contribution is 2.20. The van der Waals surface area contributed by atoms with Gasteiger partial charge in [0.2, 0.25) is 5.91 Å². The molecule has 128 valence electrons. The largest absolute Gasteiger partial charge is 0.356 e. The molecule has 6 nitrogen and oxygen atoms in total. The normalized spacial score (nSPS) is 10.5. The quantitative estimate of drug-likeness (QED) is 0.760. The number of nitrogens with one attached hydrogen (secondary N) is 2. The first kappa shape index (κ1) is 17.7. The van der Waals surface area contributed by atoms with Crippen LogP contribution in [0.2, 0.25) is 0 Å². The second kappa shape index (κ2) is 8.24. The Kier molecular flexibility index (Phi) is 6.06. The number of nitrogens with zero attached hydrogens (tertiary/aromatic N) is 2. The standard InChI is InChI=1S/C17H21FN4O2/c1-12(23)19-9-3-4-10-20-17(24)15-11-16(22(2)21-15)13-5-7-14(18)8-6-13/h5-8,11H,3-4,9-10H2,1-2H3,(H,19,23)(H,20,24). The molecular formula is C17H21FN4O2. The molecule has 0 aliphatic rings. The maximum atomic E-state index is 13.0. The first-order valence-electron chi connectivity index (χ1n) is 7.80. The van der Waals surface area contributed by atoms with E-state index in [1.165, 1.54) is 19.1 Å². The highest BCUT2D eigenvalue weighted by Gasteiger charge is 2.13. The van der Waals surface area contributed by atoms with Crippen LogP contribution in [0.5, 0.6) is 0 Å². The lowest BCUT2D eigenvalue weighted by molar-refractivity contribution is -0.118. The fourth-order valence-corrected chi connectivity index (χ4v) is 2.28. The molecular weight excluding hydrogens is 311 g/mol. The monoisotopic (exact) mass is 332 g/mol. The second-order valence-electron chi connectivity index (χ2n) is 5.49. The van der Waals surface area contributed by atoms with Crippen molar-refractivity contribution in [2.24, 2.45) is 7.05 Å². The molecule has 0 spiro atoms. The van der Waals surface area contributed by atoms with Crippen molar-refractivity contribution in [3.63, 3.8) is 0 Å². The van der Waals surface area contributed by atoms with Gasteiger partial charge in [-0.3, -0.25) is 14.3 Å². The zero-order valence-electron chi connectivity index (χ0n) is 13.8. The van der Waals surface area contributed by atoms with E-state index < -0.39 is 0 Å². The van der Waals surface area contributed by atoms with Crippen molar-refractivity contribution in [3.8, 4) is 11.3 Å². The number of halogens is 1. The van der Waals surface area contributed by atoms with E-state index in [1.54, 1.807) is 29.9 Å². The van der Waals surface area contributed by atoms with E-state index in [2.05, 4.69) is 15.7 Å². The molecule has 0 saturated heterocycles. The minimum Gasteiger partial charge on any atom is -0.356 e. The van der Waals surface area contributed by atoms with Crippen molar-refractivity contribution < 1.29 is 14.0 Å². The van der Waals surface area contributed by atoms with E-state index in [4.69, 9.17) is 0 Å². The minimum atomic E-state index is -0.307. The predicted octanol–water partition coefficient (Wildman–Crippen LogP) is 1.87. The topological polar surface area (TPSA) is 76.0 Å². The number of hydrogen-bond donors (Lipinski definition) is 2. The number of rotatable bonds is 7. The third kappa shape index (κ3) is 4.91. The molecule has 2 amide bonds. The van der Waals surface area contributed by atoms with Crippen LogP contribution < -0.4 is 10.6 Å². The van der Waals surface area contributed by atoms with E-state index in [-0.39, 0.29) is 17.6 Å². The van der Waals surface area contributed by atoms with Gasteiger partial charge in [-0.05, 0) is 48.7 Å². The minimum absolute atomic E-state index is 0.0548. The van der Waals surface area contributed by atoms with Gasteiger partial charge in [-0.2, -0.15) is 5.10 Å². The van der Waals surface area contributed by atoms with Crippen molar-refractivity contribution in [2.75, 3.05) is 13.1 Å². The van der Waals surface area contributed by atoms with E-state index >= 15 is 0 Å². The summed E-state index contributed by atoms with van der Waals surface area (Å²) in [5, 5.41) is 9.71. The number of unbranched alkanes of at least 4 members (excludes halogenated alkanes) is 1. The Morgan fingerprint density at radius 3 is 2.38 bits per heavy atom. The molecule has 1 heterocycles. The van der Waals surface area contributed by atoms with Crippen LogP contribution in [0, 0.1) is 5.82 Å². The summed E-state index contributed by atoms with van der Waals surface area (Å²) in [5.41, 5.74) is 1.85. The molecule has 7 heteroatoms. The van der Waals surface area contributed by atoms with E-state index in [0.717, 1.165) is 24.1 Å². The van der Waals surface area contributed by atoms with Gasteiger partial charge in [-0.1, -0.05) is 0 Å². The molecule has 0 atom stereocenters. The molecule has 0 aliphatic heterocycles. The zero-order valence-corrected chi connectivity index (χ0v) is 13.8. The van der Waals surface area contributed by atoms with Crippen LogP contribution in [0.3, 0.4) is 0 Å². The average molecular weight is 332 g/mol. The van der Waals surface area contributed by atoms with Gasteiger partial charge >= 0.3 is 0 Å². The van der Waals surface area contributed by atoms with Gasteiger partial charge < -0.3 is 10.6 Å². The third-order valence-corrected chi connectivity index (χ3v) is 3.52. The van der Waals surface area contributed by atoms with Crippen LogP contribution in [0.1, 0.15) is 30.3 Å². The Bertz CT molecular complexity index is 710. The molecule has 0 bridgehead atoms. The van der Waals surface area contributed by atoms with Gasteiger partial charge in [-0.25, -0.2) is 4.39 Å². The number of amides is 2. The Hall–Kier alpha value is -2.70. The van der Waals surface area contributed by atoms with E-state index in [1.807, 2.05) is 0 Å². The van der Waals surface area contributed by atoms with E-state index in [0.29, 0.717) is 18.8 Å². The smallest absolute Gasteiger partial charge is 0.271 e. The molecule has 1 aromatic carbocycles. The molecule has 0 unspecified atom stereocenters. The fourth-order valence-electron chi connectivity index (χ4n) is 2.28. The number of benzene rings is 1. The van der Waals surface area contributed by atoms with Gasteiger partial charge in [0.25, 0.3) is 5.91 Å². The van der Waals surface area contributed by atoms with Crippen LogP contribution in [0.25, 0.3) is 11.3 Å². The van der Waals surface area contributed by atoms with Gasteiger partial charge in [0, 0.05) is 27.1 Å².